The number of halogens is 1. The Kier molecular flexibility index (Phi) is 7.56. The fourth-order valence-electron chi connectivity index (χ4n) is 3.03. The van der Waals surface area contributed by atoms with E-state index < -0.39 is 0 Å². The van der Waals surface area contributed by atoms with E-state index in [9.17, 15) is 4.79 Å². The highest BCUT2D eigenvalue weighted by atomic mass is 35.5. The molecule has 1 aliphatic carbocycles. The first-order valence-electron chi connectivity index (χ1n) is 8.60. The van der Waals surface area contributed by atoms with Gasteiger partial charge in [0.25, 0.3) is 0 Å². The molecule has 0 bridgehead atoms. The molecule has 2 N–H and O–H groups in total. The minimum atomic E-state index is -0.237. The summed E-state index contributed by atoms with van der Waals surface area (Å²) < 4.78 is 0. The predicted octanol–water partition coefficient (Wildman–Crippen LogP) is 4.17. The second-order valence-electron chi connectivity index (χ2n) is 6.83. The van der Waals surface area contributed by atoms with Crippen molar-refractivity contribution in [3.8, 4) is 0 Å². The molecule has 4 heteroatoms. The van der Waals surface area contributed by atoms with Crippen molar-refractivity contribution in [3.05, 3.63) is 35.9 Å². The molecule has 1 aliphatic rings. The van der Waals surface area contributed by atoms with Crippen LogP contribution in [0.4, 0.5) is 0 Å². The molecular formula is C19H31ClN2O. The predicted molar refractivity (Wildman–Crippen MR) is 98.6 cm³/mol. The Morgan fingerprint density at radius 2 is 1.78 bits per heavy atom. The zero-order valence-corrected chi connectivity index (χ0v) is 15.6. The zero-order valence-electron chi connectivity index (χ0n) is 14.7. The van der Waals surface area contributed by atoms with E-state index in [2.05, 4.69) is 25.7 Å². The van der Waals surface area contributed by atoms with E-state index in [1.165, 1.54) is 0 Å². The van der Waals surface area contributed by atoms with Crippen LogP contribution in [0.25, 0.3) is 0 Å². The number of benzene rings is 1. The van der Waals surface area contributed by atoms with Crippen molar-refractivity contribution in [1.82, 2.24) is 4.90 Å². The van der Waals surface area contributed by atoms with Crippen molar-refractivity contribution in [2.24, 2.45) is 17.6 Å². The third-order valence-electron chi connectivity index (χ3n) is 5.21. The molecule has 0 radical (unpaired) electrons. The van der Waals surface area contributed by atoms with E-state index in [0.717, 1.165) is 24.8 Å². The molecule has 1 amide bonds. The molecule has 130 valence electrons. The first kappa shape index (κ1) is 20.0. The molecule has 23 heavy (non-hydrogen) atoms. The average Bonchev–Trinajstić information content (AvgIpc) is 3.38. The van der Waals surface area contributed by atoms with Crippen LogP contribution >= 0.6 is 12.4 Å². The zero-order chi connectivity index (χ0) is 16.3. The Morgan fingerprint density at radius 3 is 2.26 bits per heavy atom. The van der Waals surface area contributed by atoms with Crippen molar-refractivity contribution in [3.63, 3.8) is 0 Å². The normalized spacial score (nSPS) is 19.2. The molecule has 0 aromatic heterocycles. The van der Waals surface area contributed by atoms with Gasteiger partial charge >= 0.3 is 0 Å². The van der Waals surface area contributed by atoms with Crippen LogP contribution in [0.15, 0.2) is 30.3 Å². The topological polar surface area (TPSA) is 46.3 Å². The summed E-state index contributed by atoms with van der Waals surface area (Å²) in [5.74, 6) is 0.547. The smallest absolute Gasteiger partial charge is 0.227 e. The monoisotopic (exact) mass is 338 g/mol. The van der Waals surface area contributed by atoms with E-state index in [1.807, 2.05) is 37.3 Å². The summed E-state index contributed by atoms with van der Waals surface area (Å²) in [6.07, 6.45) is 3.37. The van der Waals surface area contributed by atoms with Crippen LogP contribution in [0, 0.1) is 11.8 Å². The molecule has 4 unspecified atom stereocenters. The van der Waals surface area contributed by atoms with E-state index in [4.69, 9.17) is 5.73 Å². The third kappa shape index (κ3) is 4.71. The van der Waals surface area contributed by atoms with Gasteiger partial charge in [0.1, 0.15) is 0 Å². The Labute approximate surface area is 147 Å². The Hall–Kier alpha value is -1.06. The molecule has 0 aliphatic heterocycles. The minimum absolute atomic E-state index is 0. The first-order chi connectivity index (χ1) is 10.5. The summed E-state index contributed by atoms with van der Waals surface area (Å²) in [5.41, 5.74) is 7.40. The summed E-state index contributed by atoms with van der Waals surface area (Å²) in [6, 6.07) is 10.4. The van der Waals surface area contributed by atoms with E-state index >= 15 is 0 Å². The van der Waals surface area contributed by atoms with Gasteiger partial charge in [0, 0.05) is 18.1 Å². The Balaban J connectivity index is 0.00000264. The van der Waals surface area contributed by atoms with Crippen LogP contribution in [0.2, 0.25) is 0 Å². The number of amides is 1. The van der Waals surface area contributed by atoms with Crippen LogP contribution in [-0.2, 0) is 4.79 Å². The highest BCUT2D eigenvalue weighted by Gasteiger charge is 2.40. The molecule has 0 saturated heterocycles. The fraction of sp³-hybridized carbons (Fsp3) is 0.632. The largest absolute Gasteiger partial charge is 0.336 e. The van der Waals surface area contributed by atoms with Crippen molar-refractivity contribution in [1.29, 1.82) is 0 Å². The Bertz CT molecular complexity index is 489. The van der Waals surface area contributed by atoms with Gasteiger partial charge in [0.05, 0.1) is 5.92 Å². The fourth-order valence-corrected chi connectivity index (χ4v) is 3.03. The maximum Gasteiger partial charge on any atom is 0.227 e. The van der Waals surface area contributed by atoms with Crippen LogP contribution < -0.4 is 5.73 Å². The number of rotatable bonds is 7. The standard InChI is InChI=1S/C19H30N2O.ClH/c1-5-13(2)15(4)21(17-11-12-17)19(22)14(3)18(20)16-9-7-6-8-10-16;/h6-10,13-15,17-18H,5,11-12,20H2,1-4H3;1H. The van der Waals surface area contributed by atoms with Crippen molar-refractivity contribution < 1.29 is 4.79 Å². The van der Waals surface area contributed by atoms with E-state index in [1.54, 1.807) is 0 Å². The summed E-state index contributed by atoms with van der Waals surface area (Å²) >= 11 is 0. The quantitative estimate of drug-likeness (QED) is 0.811. The van der Waals surface area contributed by atoms with Crippen LogP contribution in [0.1, 0.15) is 58.6 Å². The van der Waals surface area contributed by atoms with Gasteiger partial charge in [0.15, 0.2) is 0 Å². The molecule has 0 spiro atoms. The third-order valence-corrected chi connectivity index (χ3v) is 5.21. The second kappa shape index (κ2) is 8.70. The summed E-state index contributed by atoms with van der Waals surface area (Å²) in [5, 5.41) is 0. The van der Waals surface area contributed by atoms with Gasteiger partial charge in [-0.1, -0.05) is 57.5 Å². The summed E-state index contributed by atoms with van der Waals surface area (Å²) in [6.45, 7) is 8.58. The number of nitrogens with two attached hydrogens (primary N) is 1. The van der Waals surface area contributed by atoms with Gasteiger partial charge in [-0.15, -0.1) is 12.4 Å². The molecule has 1 aromatic rings. The van der Waals surface area contributed by atoms with Gasteiger partial charge in [-0.2, -0.15) is 0 Å². The first-order valence-corrected chi connectivity index (χ1v) is 8.60. The number of hydrogen-bond acceptors (Lipinski definition) is 2. The maximum absolute atomic E-state index is 13.0. The SMILES string of the molecule is CCC(C)C(C)N(C(=O)C(C)C(N)c1ccccc1)C1CC1.Cl. The van der Waals surface area contributed by atoms with Gasteiger partial charge in [0.2, 0.25) is 5.91 Å². The lowest BCUT2D eigenvalue weighted by Gasteiger charge is -2.36. The van der Waals surface area contributed by atoms with Gasteiger partial charge in [-0.25, -0.2) is 0 Å². The number of hydrogen-bond donors (Lipinski definition) is 1. The van der Waals surface area contributed by atoms with Crippen molar-refractivity contribution in [2.75, 3.05) is 0 Å². The van der Waals surface area contributed by atoms with E-state index in [-0.39, 0.29) is 36.3 Å². The molecular weight excluding hydrogens is 308 g/mol. The Morgan fingerprint density at radius 1 is 1.22 bits per heavy atom. The highest BCUT2D eigenvalue weighted by molar-refractivity contribution is 5.85. The number of carbonyl (C=O) groups excluding carboxylic acids is 1. The maximum atomic E-state index is 13.0. The molecule has 1 aromatic carbocycles. The van der Waals surface area contributed by atoms with Gasteiger partial charge < -0.3 is 10.6 Å². The lowest BCUT2D eigenvalue weighted by molar-refractivity contribution is -0.139. The highest BCUT2D eigenvalue weighted by Crippen LogP contribution is 2.34. The number of nitrogens with zero attached hydrogens (tertiary/aromatic N) is 1. The lowest BCUT2D eigenvalue weighted by Crippen LogP contribution is -2.47. The van der Waals surface area contributed by atoms with Crippen LogP contribution in [0.3, 0.4) is 0 Å². The van der Waals surface area contributed by atoms with Crippen molar-refractivity contribution >= 4 is 18.3 Å². The van der Waals surface area contributed by atoms with Gasteiger partial charge in [-0.05, 0) is 31.2 Å². The molecule has 2 rings (SSSR count). The average molecular weight is 339 g/mol. The lowest BCUT2D eigenvalue weighted by atomic mass is 9.92. The molecule has 1 saturated carbocycles. The van der Waals surface area contributed by atoms with Crippen LogP contribution in [-0.4, -0.2) is 22.9 Å². The van der Waals surface area contributed by atoms with E-state index in [0.29, 0.717) is 12.0 Å². The summed E-state index contributed by atoms with van der Waals surface area (Å²) in [4.78, 5) is 15.2. The molecule has 3 nitrogen and oxygen atoms in total. The summed E-state index contributed by atoms with van der Waals surface area (Å²) in [7, 11) is 0. The minimum Gasteiger partial charge on any atom is -0.336 e. The molecule has 0 heterocycles. The molecule has 4 atom stereocenters. The van der Waals surface area contributed by atoms with Crippen LogP contribution in [0.5, 0.6) is 0 Å². The van der Waals surface area contributed by atoms with Gasteiger partial charge in [-0.3, -0.25) is 4.79 Å². The molecule has 1 fully saturated rings. The number of carbonyl (C=O) groups is 1. The van der Waals surface area contributed by atoms with Crippen molar-refractivity contribution in [2.45, 2.75) is 65.1 Å². The second-order valence-corrected chi connectivity index (χ2v) is 6.83.